The predicted octanol–water partition coefficient (Wildman–Crippen LogP) is 4.47. The summed E-state index contributed by atoms with van der Waals surface area (Å²) in [4.78, 5) is 14.7. The van der Waals surface area contributed by atoms with Crippen LogP contribution in [0.3, 0.4) is 0 Å². The molecule has 3 rings (SSSR count). The summed E-state index contributed by atoms with van der Waals surface area (Å²) in [6.45, 7) is 3.13. The van der Waals surface area contributed by atoms with Crippen molar-refractivity contribution in [2.24, 2.45) is 0 Å². The van der Waals surface area contributed by atoms with Gasteiger partial charge in [0.05, 0.1) is 24.3 Å². The number of nitrogens with zero attached hydrogens (tertiary/aromatic N) is 1. The van der Waals surface area contributed by atoms with Gasteiger partial charge < -0.3 is 9.15 Å². The zero-order valence-corrected chi connectivity index (χ0v) is 14.9. The summed E-state index contributed by atoms with van der Waals surface area (Å²) in [6.07, 6.45) is 4.41. The van der Waals surface area contributed by atoms with Crippen LogP contribution in [0.5, 0.6) is 5.75 Å². The molecule has 1 amide bonds. The van der Waals surface area contributed by atoms with Gasteiger partial charge in [0.2, 0.25) is 0 Å². The normalized spacial score (nSPS) is 16.2. The average molecular weight is 359 g/mol. The molecule has 1 fully saturated rings. The van der Waals surface area contributed by atoms with Crippen LogP contribution in [0.25, 0.3) is 6.08 Å². The van der Waals surface area contributed by atoms with Gasteiger partial charge in [-0.2, -0.15) is 0 Å². The van der Waals surface area contributed by atoms with Gasteiger partial charge in [0, 0.05) is 0 Å². The topological polar surface area (TPSA) is 42.7 Å². The van der Waals surface area contributed by atoms with Gasteiger partial charge in [-0.05, 0) is 42.3 Å². The van der Waals surface area contributed by atoms with Crippen molar-refractivity contribution < 1.29 is 13.9 Å². The van der Waals surface area contributed by atoms with E-state index in [2.05, 4.69) is 6.92 Å². The standard InChI is InChI=1S/C18H17NO3S2/c1-2-9-21-14-7-5-13(6-8-14)11-16-17(20)19(18(23)24-16)12-15-4-3-10-22-15/h3-8,10-11H,2,9,12H2,1H3/b16-11-. The maximum Gasteiger partial charge on any atom is 0.266 e. The van der Waals surface area contributed by atoms with Crippen LogP contribution in [0.4, 0.5) is 0 Å². The fourth-order valence-electron chi connectivity index (χ4n) is 2.23. The van der Waals surface area contributed by atoms with Crippen molar-refractivity contribution in [1.82, 2.24) is 4.90 Å². The molecule has 2 heterocycles. The summed E-state index contributed by atoms with van der Waals surface area (Å²) in [6, 6.07) is 11.3. The van der Waals surface area contributed by atoms with Crippen LogP contribution < -0.4 is 4.74 Å². The predicted molar refractivity (Wildman–Crippen MR) is 99.7 cm³/mol. The number of hydrogen-bond donors (Lipinski definition) is 0. The van der Waals surface area contributed by atoms with Crippen LogP contribution in [0.15, 0.2) is 52.0 Å². The third kappa shape index (κ3) is 3.88. The number of rotatable bonds is 6. The highest BCUT2D eigenvalue weighted by atomic mass is 32.2. The lowest BCUT2D eigenvalue weighted by atomic mass is 10.2. The van der Waals surface area contributed by atoms with E-state index in [1.807, 2.05) is 36.4 Å². The van der Waals surface area contributed by atoms with Crippen molar-refractivity contribution in [1.29, 1.82) is 0 Å². The molecule has 0 spiro atoms. The highest BCUT2D eigenvalue weighted by Crippen LogP contribution is 2.33. The average Bonchev–Trinajstić information content (AvgIpc) is 3.19. The number of hydrogen-bond acceptors (Lipinski definition) is 5. The van der Waals surface area contributed by atoms with Gasteiger partial charge in [-0.25, -0.2) is 0 Å². The Hall–Kier alpha value is -2.05. The molecule has 0 unspecified atom stereocenters. The van der Waals surface area contributed by atoms with E-state index in [9.17, 15) is 4.79 Å². The molecular weight excluding hydrogens is 342 g/mol. The Balaban J connectivity index is 1.71. The summed E-state index contributed by atoms with van der Waals surface area (Å²) < 4.78 is 11.4. The van der Waals surface area contributed by atoms with Gasteiger partial charge in [-0.1, -0.05) is 43.0 Å². The Kier molecular flexibility index (Phi) is 5.37. The quantitative estimate of drug-likeness (QED) is 0.562. The highest BCUT2D eigenvalue weighted by molar-refractivity contribution is 8.26. The fraction of sp³-hybridized carbons (Fsp3) is 0.222. The minimum absolute atomic E-state index is 0.0901. The Labute approximate surface area is 150 Å². The van der Waals surface area contributed by atoms with E-state index < -0.39 is 0 Å². The number of thioether (sulfide) groups is 1. The van der Waals surface area contributed by atoms with Gasteiger partial charge in [0.25, 0.3) is 5.91 Å². The molecule has 1 aliphatic heterocycles. The molecular formula is C18H17NO3S2. The van der Waals surface area contributed by atoms with Crippen LogP contribution in [-0.2, 0) is 11.3 Å². The van der Waals surface area contributed by atoms with Crippen LogP contribution in [0.2, 0.25) is 0 Å². The molecule has 2 aromatic rings. The number of benzene rings is 1. The van der Waals surface area contributed by atoms with Crippen LogP contribution in [0, 0.1) is 0 Å². The molecule has 0 radical (unpaired) electrons. The van der Waals surface area contributed by atoms with E-state index in [-0.39, 0.29) is 5.91 Å². The lowest BCUT2D eigenvalue weighted by Crippen LogP contribution is -2.27. The Morgan fingerprint density at radius 1 is 1.29 bits per heavy atom. The number of carbonyl (C=O) groups excluding carboxylic acids is 1. The van der Waals surface area contributed by atoms with Crippen molar-refractivity contribution in [3.63, 3.8) is 0 Å². The Morgan fingerprint density at radius 3 is 2.75 bits per heavy atom. The second-order valence-corrected chi connectivity index (χ2v) is 6.94. The van der Waals surface area contributed by atoms with Crippen molar-refractivity contribution in [2.75, 3.05) is 6.61 Å². The van der Waals surface area contributed by atoms with Crippen molar-refractivity contribution >= 4 is 40.3 Å². The van der Waals surface area contributed by atoms with E-state index in [0.29, 0.717) is 28.1 Å². The Bertz CT molecular complexity index is 751. The second-order valence-electron chi connectivity index (χ2n) is 5.26. The first-order valence-electron chi connectivity index (χ1n) is 7.68. The molecule has 1 saturated heterocycles. The van der Waals surface area contributed by atoms with Crippen molar-refractivity contribution in [3.05, 3.63) is 58.9 Å². The molecule has 6 heteroatoms. The molecule has 4 nitrogen and oxygen atoms in total. The maximum atomic E-state index is 12.5. The summed E-state index contributed by atoms with van der Waals surface area (Å²) in [5, 5.41) is 0. The maximum absolute atomic E-state index is 12.5. The third-order valence-electron chi connectivity index (χ3n) is 3.42. The van der Waals surface area contributed by atoms with Crippen molar-refractivity contribution in [3.8, 4) is 5.75 Å². The zero-order chi connectivity index (χ0) is 16.9. The molecule has 0 N–H and O–H groups in total. The molecule has 1 aromatic heterocycles. The van der Waals surface area contributed by atoms with Gasteiger partial charge in [0.15, 0.2) is 0 Å². The van der Waals surface area contributed by atoms with E-state index >= 15 is 0 Å². The van der Waals surface area contributed by atoms with E-state index in [4.69, 9.17) is 21.4 Å². The second kappa shape index (κ2) is 7.68. The summed E-state index contributed by atoms with van der Waals surface area (Å²) in [5.41, 5.74) is 0.942. The summed E-state index contributed by atoms with van der Waals surface area (Å²) in [7, 11) is 0. The monoisotopic (exact) mass is 359 g/mol. The number of thiocarbonyl (C=S) groups is 1. The van der Waals surface area contributed by atoms with Crippen LogP contribution in [-0.4, -0.2) is 21.7 Å². The highest BCUT2D eigenvalue weighted by Gasteiger charge is 2.32. The van der Waals surface area contributed by atoms with Crippen molar-refractivity contribution in [2.45, 2.75) is 19.9 Å². The lowest BCUT2D eigenvalue weighted by molar-refractivity contribution is -0.122. The largest absolute Gasteiger partial charge is 0.494 e. The molecule has 0 atom stereocenters. The molecule has 1 aliphatic rings. The lowest BCUT2D eigenvalue weighted by Gasteiger charge is -2.11. The minimum atomic E-state index is -0.0901. The van der Waals surface area contributed by atoms with Gasteiger partial charge >= 0.3 is 0 Å². The van der Waals surface area contributed by atoms with Gasteiger partial charge in [0.1, 0.15) is 15.8 Å². The molecule has 124 valence electrons. The van der Waals surface area contributed by atoms with Gasteiger partial charge in [-0.15, -0.1) is 0 Å². The molecule has 0 bridgehead atoms. The van der Waals surface area contributed by atoms with Gasteiger partial charge in [-0.3, -0.25) is 9.69 Å². The smallest absolute Gasteiger partial charge is 0.266 e. The van der Waals surface area contributed by atoms with Crippen LogP contribution >= 0.6 is 24.0 Å². The SMILES string of the molecule is CCCOc1ccc(/C=C2\SC(=S)N(Cc3ccco3)C2=O)cc1. The van der Waals surface area contributed by atoms with E-state index in [1.54, 1.807) is 17.2 Å². The summed E-state index contributed by atoms with van der Waals surface area (Å²) >= 11 is 6.63. The van der Waals surface area contributed by atoms with E-state index in [0.717, 1.165) is 17.7 Å². The number of furan rings is 1. The fourth-order valence-corrected chi connectivity index (χ4v) is 3.48. The summed E-state index contributed by atoms with van der Waals surface area (Å²) in [5.74, 6) is 1.46. The number of ether oxygens (including phenoxy) is 1. The minimum Gasteiger partial charge on any atom is -0.494 e. The first-order valence-corrected chi connectivity index (χ1v) is 8.90. The Morgan fingerprint density at radius 2 is 2.08 bits per heavy atom. The molecule has 0 saturated carbocycles. The first kappa shape index (κ1) is 16.8. The molecule has 24 heavy (non-hydrogen) atoms. The third-order valence-corrected chi connectivity index (χ3v) is 4.80. The zero-order valence-electron chi connectivity index (χ0n) is 13.2. The van der Waals surface area contributed by atoms with E-state index in [1.165, 1.54) is 11.8 Å². The molecule has 1 aromatic carbocycles. The first-order chi connectivity index (χ1) is 11.7. The van der Waals surface area contributed by atoms with Crippen LogP contribution in [0.1, 0.15) is 24.7 Å². The molecule has 0 aliphatic carbocycles. The number of carbonyl (C=O) groups is 1. The number of amides is 1.